The quantitative estimate of drug-likeness (QED) is 0.634. The maximum absolute atomic E-state index is 12.7. The zero-order chi connectivity index (χ0) is 14.5. The van der Waals surface area contributed by atoms with Gasteiger partial charge in [-0.1, -0.05) is 17.3 Å². The monoisotopic (exact) mass is 276 g/mol. The van der Waals surface area contributed by atoms with Gasteiger partial charge in [-0.05, 0) is 37.6 Å². The highest BCUT2D eigenvalue weighted by molar-refractivity contribution is 5.87. The van der Waals surface area contributed by atoms with Gasteiger partial charge in [-0.3, -0.25) is 0 Å². The molecule has 0 spiro atoms. The Bertz CT molecular complexity index is 620. The Balaban J connectivity index is 1.93. The van der Waals surface area contributed by atoms with Crippen LogP contribution in [0.25, 0.3) is 6.08 Å². The van der Waals surface area contributed by atoms with Gasteiger partial charge in [0.2, 0.25) is 0 Å². The molecule has 0 radical (unpaired) electrons. The predicted molar refractivity (Wildman–Crippen MR) is 69.0 cm³/mol. The zero-order valence-electron chi connectivity index (χ0n) is 11.0. The molecule has 1 aromatic carbocycles. The Hall–Kier alpha value is -2.50. The second-order valence-electron chi connectivity index (χ2n) is 4.14. The van der Waals surface area contributed by atoms with Crippen LogP contribution in [0.2, 0.25) is 0 Å². The first kappa shape index (κ1) is 13.9. The highest BCUT2D eigenvalue weighted by Crippen LogP contribution is 2.14. The summed E-state index contributed by atoms with van der Waals surface area (Å²) in [5, 5.41) is 3.62. The molecule has 1 unspecified atom stereocenters. The van der Waals surface area contributed by atoms with Gasteiger partial charge in [-0.2, -0.15) is 4.98 Å². The Morgan fingerprint density at radius 2 is 2.10 bits per heavy atom. The van der Waals surface area contributed by atoms with Crippen molar-refractivity contribution in [2.24, 2.45) is 0 Å². The molecule has 1 heterocycles. The van der Waals surface area contributed by atoms with Crippen LogP contribution >= 0.6 is 0 Å². The smallest absolute Gasteiger partial charge is 0.331 e. The summed E-state index contributed by atoms with van der Waals surface area (Å²) in [5.41, 5.74) is 0.699. The molecular formula is C14H13FN2O3. The Labute approximate surface area is 115 Å². The van der Waals surface area contributed by atoms with E-state index in [1.165, 1.54) is 24.3 Å². The van der Waals surface area contributed by atoms with E-state index in [4.69, 9.17) is 9.26 Å². The number of carbonyl (C=O) groups excluding carboxylic acids is 1. The van der Waals surface area contributed by atoms with Crippen LogP contribution in [0, 0.1) is 12.7 Å². The highest BCUT2D eigenvalue weighted by Gasteiger charge is 2.16. The van der Waals surface area contributed by atoms with E-state index < -0.39 is 12.1 Å². The van der Waals surface area contributed by atoms with E-state index in [0.29, 0.717) is 11.4 Å². The SMILES string of the molecule is Cc1noc(C(C)OC(=O)C=Cc2ccc(F)cc2)n1. The number of benzene rings is 1. The van der Waals surface area contributed by atoms with E-state index in [1.807, 2.05) is 0 Å². The molecule has 0 saturated heterocycles. The summed E-state index contributed by atoms with van der Waals surface area (Å²) in [5.74, 6) is -0.154. The van der Waals surface area contributed by atoms with Crippen molar-refractivity contribution in [3.63, 3.8) is 0 Å². The summed E-state index contributed by atoms with van der Waals surface area (Å²) >= 11 is 0. The first-order valence-corrected chi connectivity index (χ1v) is 5.99. The molecule has 1 atom stereocenters. The standard InChI is InChI=1S/C14H13FN2O3/c1-9(14-16-10(2)17-20-14)19-13(18)8-5-11-3-6-12(15)7-4-11/h3-9H,1-2H3. The molecule has 0 aliphatic rings. The van der Waals surface area contributed by atoms with Crippen LogP contribution < -0.4 is 0 Å². The molecule has 2 rings (SSSR count). The number of hydrogen-bond acceptors (Lipinski definition) is 5. The average molecular weight is 276 g/mol. The van der Waals surface area contributed by atoms with Crippen molar-refractivity contribution in [1.29, 1.82) is 0 Å². The summed E-state index contributed by atoms with van der Waals surface area (Å²) in [6.45, 7) is 3.31. The van der Waals surface area contributed by atoms with Crippen LogP contribution in [-0.2, 0) is 9.53 Å². The number of halogens is 1. The van der Waals surface area contributed by atoms with Crippen molar-refractivity contribution in [3.05, 3.63) is 53.4 Å². The summed E-state index contributed by atoms with van der Waals surface area (Å²) in [7, 11) is 0. The molecule has 0 aliphatic carbocycles. The molecule has 104 valence electrons. The molecule has 0 bridgehead atoms. The lowest BCUT2D eigenvalue weighted by molar-refractivity contribution is -0.143. The third kappa shape index (κ3) is 3.74. The molecule has 0 fully saturated rings. The van der Waals surface area contributed by atoms with Crippen LogP contribution in [0.1, 0.15) is 30.3 Å². The molecular weight excluding hydrogens is 263 g/mol. The van der Waals surface area contributed by atoms with Crippen molar-refractivity contribution < 1.29 is 18.4 Å². The molecule has 0 N–H and O–H groups in total. The molecule has 0 saturated carbocycles. The van der Waals surface area contributed by atoms with E-state index in [-0.39, 0.29) is 11.7 Å². The predicted octanol–water partition coefficient (Wildman–Crippen LogP) is 2.83. The van der Waals surface area contributed by atoms with E-state index in [0.717, 1.165) is 0 Å². The normalized spacial score (nSPS) is 12.6. The fourth-order valence-corrected chi connectivity index (χ4v) is 1.48. The number of carbonyl (C=O) groups is 1. The number of aromatic nitrogens is 2. The van der Waals surface area contributed by atoms with Crippen LogP contribution in [0.3, 0.4) is 0 Å². The number of nitrogens with zero attached hydrogens (tertiary/aromatic N) is 2. The fraction of sp³-hybridized carbons (Fsp3) is 0.214. The maximum atomic E-state index is 12.7. The summed E-state index contributed by atoms with van der Waals surface area (Å²) in [6, 6.07) is 5.75. The van der Waals surface area contributed by atoms with Crippen molar-refractivity contribution >= 4 is 12.0 Å². The van der Waals surface area contributed by atoms with E-state index in [2.05, 4.69) is 10.1 Å². The topological polar surface area (TPSA) is 65.2 Å². The largest absolute Gasteiger partial charge is 0.449 e. The molecule has 2 aromatic rings. The first-order valence-electron chi connectivity index (χ1n) is 5.99. The fourth-order valence-electron chi connectivity index (χ4n) is 1.48. The number of esters is 1. The molecule has 6 heteroatoms. The van der Waals surface area contributed by atoms with Crippen molar-refractivity contribution in [1.82, 2.24) is 10.1 Å². The highest BCUT2D eigenvalue weighted by atomic mass is 19.1. The van der Waals surface area contributed by atoms with Gasteiger partial charge in [-0.25, -0.2) is 9.18 Å². The van der Waals surface area contributed by atoms with Crippen molar-refractivity contribution in [3.8, 4) is 0 Å². The van der Waals surface area contributed by atoms with Gasteiger partial charge < -0.3 is 9.26 Å². The van der Waals surface area contributed by atoms with Gasteiger partial charge >= 0.3 is 5.97 Å². The first-order chi connectivity index (χ1) is 9.54. The van der Waals surface area contributed by atoms with Gasteiger partial charge in [0.05, 0.1) is 0 Å². The minimum absolute atomic E-state index is 0.242. The lowest BCUT2D eigenvalue weighted by Gasteiger charge is -2.06. The Kier molecular flexibility index (Phi) is 4.24. The van der Waals surface area contributed by atoms with E-state index in [9.17, 15) is 9.18 Å². The Morgan fingerprint density at radius 3 is 2.70 bits per heavy atom. The van der Waals surface area contributed by atoms with Crippen LogP contribution in [0.5, 0.6) is 0 Å². The minimum Gasteiger partial charge on any atom is -0.449 e. The van der Waals surface area contributed by atoms with Crippen LogP contribution in [0.15, 0.2) is 34.9 Å². The van der Waals surface area contributed by atoms with Gasteiger partial charge in [0.25, 0.3) is 5.89 Å². The second kappa shape index (κ2) is 6.10. The molecule has 20 heavy (non-hydrogen) atoms. The maximum Gasteiger partial charge on any atom is 0.331 e. The van der Waals surface area contributed by atoms with Gasteiger partial charge in [0, 0.05) is 6.08 Å². The van der Waals surface area contributed by atoms with E-state index in [1.54, 1.807) is 26.0 Å². The minimum atomic E-state index is -0.624. The number of rotatable bonds is 4. The molecule has 0 aliphatic heterocycles. The van der Waals surface area contributed by atoms with Crippen molar-refractivity contribution in [2.45, 2.75) is 20.0 Å². The molecule has 1 aromatic heterocycles. The van der Waals surface area contributed by atoms with Crippen molar-refractivity contribution in [2.75, 3.05) is 0 Å². The molecule has 5 nitrogen and oxygen atoms in total. The van der Waals surface area contributed by atoms with E-state index >= 15 is 0 Å². The number of aryl methyl sites for hydroxylation is 1. The third-order valence-corrected chi connectivity index (χ3v) is 2.47. The van der Waals surface area contributed by atoms with Gasteiger partial charge in [0.1, 0.15) is 5.82 Å². The van der Waals surface area contributed by atoms with Crippen LogP contribution in [-0.4, -0.2) is 16.1 Å². The number of hydrogen-bond donors (Lipinski definition) is 0. The summed E-state index contributed by atoms with van der Waals surface area (Å²) in [4.78, 5) is 15.6. The lowest BCUT2D eigenvalue weighted by atomic mass is 10.2. The number of ether oxygens (including phenoxy) is 1. The Morgan fingerprint density at radius 1 is 1.40 bits per heavy atom. The van der Waals surface area contributed by atoms with Gasteiger partial charge in [0.15, 0.2) is 11.9 Å². The zero-order valence-corrected chi connectivity index (χ0v) is 11.0. The average Bonchev–Trinajstić information content (AvgIpc) is 2.85. The third-order valence-electron chi connectivity index (χ3n) is 2.47. The molecule has 0 amide bonds. The second-order valence-corrected chi connectivity index (χ2v) is 4.14. The summed E-state index contributed by atoms with van der Waals surface area (Å²) in [6.07, 6.45) is 2.17. The van der Waals surface area contributed by atoms with Gasteiger partial charge in [-0.15, -0.1) is 0 Å². The van der Waals surface area contributed by atoms with Crippen LogP contribution in [0.4, 0.5) is 4.39 Å². The lowest BCUT2D eigenvalue weighted by Crippen LogP contribution is -2.06. The summed E-state index contributed by atoms with van der Waals surface area (Å²) < 4.78 is 22.7.